The van der Waals surface area contributed by atoms with Crippen LogP contribution in [0.15, 0.2) is 72.8 Å². The molecular weight excluding hydrogens is 628 g/mol. The van der Waals surface area contributed by atoms with Crippen LogP contribution in [0.5, 0.6) is 0 Å². The predicted octanol–water partition coefficient (Wildman–Crippen LogP) is 7.35. The molecule has 2 unspecified atom stereocenters. The number of unbranched alkanes of at least 4 members (excludes halogenated alkanes) is 1. The molecular formula is C33H33Cl4N3O3. The minimum Gasteiger partial charge on any atom is -0.396 e. The number of primary amides is 1. The van der Waals surface area contributed by atoms with E-state index in [1.54, 1.807) is 24.3 Å². The molecule has 2 aliphatic heterocycles. The van der Waals surface area contributed by atoms with Gasteiger partial charge in [0.25, 0.3) is 0 Å². The molecule has 226 valence electrons. The Morgan fingerprint density at radius 2 is 1.47 bits per heavy atom. The standard InChI is InChI=1S/C33H33Cl4N3O3/c34-22-6-4-21(5-7-22)33(32(38)43)14-16-39(17-15-33)31(42)27-20-30(26-13-10-24(36)19-28(26)37)40(29(27)3-1-2-18-41)25-11-8-23(35)9-12-25/h4-13,19-20,27,29,41H,1-3,14-18H2,(H2,38,43). The predicted molar refractivity (Wildman–Crippen MR) is 175 cm³/mol. The summed E-state index contributed by atoms with van der Waals surface area (Å²) in [5.74, 6) is -0.923. The van der Waals surface area contributed by atoms with Crippen LogP contribution < -0.4 is 10.6 Å². The number of nitrogens with zero attached hydrogens (tertiary/aromatic N) is 2. The van der Waals surface area contributed by atoms with Gasteiger partial charge < -0.3 is 20.6 Å². The lowest BCUT2D eigenvalue weighted by Crippen LogP contribution is -2.53. The topological polar surface area (TPSA) is 86.9 Å². The lowest BCUT2D eigenvalue weighted by Gasteiger charge is -2.41. The zero-order valence-corrected chi connectivity index (χ0v) is 26.5. The van der Waals surface area contributed by atoms with E-state index in [0.717, 1.165) is 28.9 Å². The lowest BCUT2D eigenvalue weighted by atomic mass is 9.72. The summed E-state index contributed by atoms with van der Waals surface area (Å²) in [4.78, 5) is 31.1. The molecule has 0 radical (unpaired) electrons. The highest BCUT2D eigenvalue weighted by atomic mass is 35.5. The monoisotopic (exact) mass is 659 g/mol. The van der Waals surface area contributed by atoms with Crippen LogP contribution in [-0.4, -0.2) is 47.6 Å². The number of hydrogen-bond acceptors (Lipinski definition) is 4. The highest BCUT2D eigenvalue weighted by Gasteiger charge is 2.46. The summed E-state index contributed by atoms with van der Waals surface area (Å²) in [5, 5.41) is 11.7. The number of nitrogens with two attached hydrogens (primary N) is 1. The van der Waals surface area contributed by atoms with Crippen LogP contribution >= 0.6 is 46.4 Å². The normalized spacial score (nSPS) is 19.8. The number of piperidine rings is 1. The van der Waals surface area contributed by atoms with E-state index in [4.69, 9.17) is 52.1 Å². The Labute approximate surface area is 272 Å². The summed E-state index contributed by atoms with van der Waals surface area (Å²) in [5.41, 5.74) is 8.35. The minimum absolute atomic E-state index is 0.0257. The highest BCUT2D eigenvalue weighted by molar-refractivity contribution is 6.36. The van der Waals surface area contributed by atoms with Crippen molar-refractivity contribution in [3.8, 4) is 0 Å². The Balaban J connectivity index is 1.49. The maximum Gasteiger partial charge on any atom is 0.231 e. The quantitative estimate of drug-likeness (QED) is 0.235. The number of halogens is 4. The van der Waals surface area contributed by atoms with Crippen LogP contribution in [-0.2, 0) is 15.0 Å². The van der Waals surface area contributed by atoms with Crippen molar-refractivity contribution in [3.05, 3.63) is 104 Å². The lowest BCUT2D eigenvalue weighted by molar-refractivity contribution is -0.138. The van der Waals surface area contributed by atoms with E-state index >= 15 is 0 Å². The van der Waals surface area contributed by atoms with Crippen LogP contribution in [0.4, 0.5) is 5.69 Å². The largest absolute Gasteiger partial charge is 0.396 e. The van der Waals surface area contributed by atoms with Gasteiger partial charge in [0.1, 0.15) is 0 Å². The zero-order chi connectivity index (χ0) is 30.7. The molecule has 3 aromatic carbocycles. The first-order chi connectivity index (χ1) is 20.6. The molecule has 0 aromatic heterocycles. The number of benzene rings is 3. The van der Waals surface area contributed by atoms with Crippen LogP contribution in [0.3, 0.4) is 0 Å². The molecule has 2 amide bonds. The highest BCUT2D eigenvalue weighted by Crippen LogP contribution is 2.44. The molecule has 43 heavy (non-hydrogen) atoms. The van der Waals surface area contributed by atoms with Crippen molar-refractivity contribution in [2.45, 2.75) is 43.6 Å². The van der Waals surface area contributed by atoms with Crippen molar-refractivity contribution < 1.29 is 14.7 Å². The van der Waals surface area contributed by atoms with Gasteiger partial charge in [0.2, 0.25) is 11.8 Å². The second kappa shape index (κ2) is 13.5. The second-order valence-corrected chi connectivity index (χ2v) is 12.8. The first kappa shape index (κ1) is 31.7. The van der Waals surface area contributed by atoms with Gasteiger partial charge in [-0.3, -0.25) is 9.59 Å². The van der Waals surface area contributed by atoms with E-state index in [1.807, 2.05) is 53.4 Å². The number of aliphatic hydroxyl groups is 1. The maximum absolute atomic E-state index is 14.3. The molecule has 0 aliphatic carbocycles. The Morgan fingerprint density at radius 1 is 0.860 bits per heavy atom. The van der Waals surface area contributed by atoms with Crippen LogP contribution in [0, 0.1) is 5.92 Å². The summed E-state index contributed by atoms with van der Waals surface area (Å²) in [7, 11) is 0. The number of carbonyl (C=O) groups excluding carboxylic acids is 2. The number of rotatable bonds is 9. The van der Waals surface area contributed by atoms with E-state index in [1.165, 1.54) is 0 Å². The molecule has 1 fully saturated rings. The van der Waals surface area contributed by atoms with E-state index in [-0.39, 0.29) is 18.6 Å². The van der Waals surface area contributed by atoms with Gasteiger partial charge in [-0.2, -0.15) is 0 Å². The summed E-state index contributed by atoms with van der Waals surface area (Å²) in [6, 6.07) is 19.8. The third-order valence-electron chi connectivity index (χ3n) is 8.65. The Hall–Kier alpha value is -2.74. The molecule has 3 N–H and O–H groups in total. The molecule has 6 nitrogen and oxygen atoms in total. The van der Waals surface area contributed by atoms with Crippen molar-refractivity contribution in [2.24, 2.45) is 11.7 Å². The van der Waals surface area contributed by atoms with Gasteiger partial charge in [-0.15, -0.1) is 0 Å². The fraction of sp³-hybridized carbons (Fsp3) is 0.333. The minimum atomic E-state index is -0.870. The molecule has 1 saturated heterocycles. The smallest absolute Gasteiger partial charge is 0.231 e. The summed E-state index contributed by atoms with van der Waals surface area (Å²) >= 11 is 25.3. The second-order valence-electron chi connectivity index (χ2n) is 11.1. The number of aliphatic hydroxyl groups excluding tert-OH is 1. The third kappa shape index (κ3) is 6.54. The van der Waals surface area contributed by atoms with E-state index in [0.29, 0.717) is 58.9 Å². The Bertz CT molecular complexity index is 1500. The number of amides is 2. The number of likely N-dealkylation sites (tertiary alicyclic amines) is 1. The fourth-order valence-corrected chi connectivity index (χ4v) is 7.08. The average molecular weight is 661 g/mol. The summed E-state index contributed by atoms with van der Waals surface area (Å²) < 4.78 is 0. The van der Waals surface area contributed by atoms with Gasteiger partial charge in [0.05, 0.1) is 16.4 Å². The van der Waals surface area contributed by atoms with Crippen molar-refractivity contribution in [3.63, 3.8) is 0 Å². The van der Waals surface area contributed by atoms with Gasteiger partial charge in [-0.05, 0) is 98.3 Å². The van der Waals surface area contributed by atoms with Crippen molar-refractivity contribution in [1.29, 1.82) is 0 Å². The molecule has 2 atom stereocenters. The third-order valence-corrected chi connectivity index (χ3v) is 9.70. The van der Waals surface area contributed by atoms with Gasteiger partial charge in [-0.25, -0.2) is 0 Å². The van der Waals surface area contributed by atoms with E-state index < -0.39 is 17.2 Å². The van der Waals surface area contributed by atoms with Gasteiger partial charge in [0, 0.05) is 57.8 Å². The average Bonchev–Trinajstić information content (AvgIpc) is 3.36. The van der Waals surface area contributed by atoms with Gasteiger partial charge >= 0.3 is 0 Å². The van der Waals surface area contributed by atoms with Crippen molar-refractivity contribution >= 4 is 69.6 Å². The number of hydrogen-bond donors (Lipinski definition) is 2. The summed E-state index contributed by atoms with van der Waals surface area (Å²) in [6.07, 6.45) is 4.83. The molecule has 2 aliphatic rings. The number of carbonyl (C=O) groups is 2. The summed E-state index contributed by atoms with van der Waals surface area (Å²) in [6.45, 7) is 0.841. The molecule has 5 rings (SSSR count). The molecule has 0 bridgehead atoms. The molecule has 0 spiro atoms. The molecule has 2 heterocycles. The van der Waals surface area contributed by atoms with E-state index in [2.05, 4.69) is 4.90 Å². The van der Waals surface area contributed by atoms with Crippen LogP contribution in [0.1, 0.15) is 43.2 Å². The molecule has 10 heteroatoms. The van der Waals surface area contributed by atoms with Crippen molar-refractivity contribution in [1.82, 2.24) is 4.90 Å². The fourth-order valence-electron chi connectivity index (χ4n) is 6.33. The first-order valence-corrected chi connectivity index (χ1v) is 15.8. The van der Waals surface area contributed by atoms with Crippen LogP contribution in [0.2, 0.25) is 20.1 Å². The van der Waals surface area contributed by atoms with Gasteiger partial charge in [-0.1, -0.05) is 58.5 Å². The van der Waals surface area contributed by atoms with Crippen molar-refractivity contribution in [2.75, 3.05) is 24.6 Å². The van der Waals surface area contributed by atoms with Gasteiger partial charge in [0.15, 0.2) is 0 Å². The Morgan fingerprint density at radius 3 is 2.05 bits per heavy atom. The molecule has 3 aromatic rings. The Kier molecular flexibility index (Phi) is 9.94. The molecule has 0 saturated carbocycles. The SMILES string of the molecule is NC(=O)C1(c2ccc(Cl)cc2)CCN(C(=O)C2C=C(c3ccc(Cl)cc3Cl)N(c3ccc(Cl)cc3)C2CCCCO)CC1. The number of anilines is 1. The van der Waals surface area contributed by atoms with E-state index in [9.17, 15) is 14.7 Å². The zero-order valence-electron chi connectivity index (χ0n) is 23.5. The maximum atomic E-state index is 14.3. The first-order valence-electron chi connectivity index (χ1n) is 14.3. The van der Waals surface area contributed by atoms with Crippen LogP contribution in [0.25, 0.3) is 5.70 Å².